The molecule has 2 aliphatic heterocycles. The standard InChI is InChI=1S/C10H17N2O14P3/c1-4-5(2-11-10(15)12-4)9-8(14)7(13)6(24-9)3-23-28(19,20)26-29(21,22)25-27(16,17)18/h2,6-9,13-14H,1,3H2,(H,19,20)(H,21,22)(H2,11,12,15)(H2,16,17,18). The Hall–Kier alpha value is -0.960. The van der Waals surface area contributed by atoms with Crippen LogP contribution in [-0.4, -0.2) is 66.8 Å². The number of amides is 2. The van der Waals surface area contributed by atoms with Crippen molar-refractivity contribution in [2.45, 2.75) is 24.4 Å². The Bertz CT molecular complexity index is 853. The van der Waals surface area contributed by atoms with Crippen molar-refractivity contribution in [1.29, 1.82) is 0 Å². The highest BCUT2D eigenvalue weighted by atomic mass is 31.3. The summed E-state index contributed by atoms with van der Waals surface area (Å²) in [6.45, 7) is 2.58. The summed E-state index contributed by atoms with van der Waals surface area (Å²) < 4.78 is 50.3. The molecule has 0 bridgehead atoms. The fourth-order valence-electron chi connectivity index (χ4n) is 2.34. The molecule has 1 saturated heterocycles. The lowest BCUT2D eigenvalue weighted by Crippen LogP contribution is -2.42. The van der Waals surface area contributed by atoms with Crippen LogP contribution in [0.3, 0.4) is 0 Å². The van der Waals surface area contributed by atoms with Crippen LogP contribution in [0.1, 0.15) is 0 Å². The fourth-order valence-corrected chi connectivity index (χ4v) is 5.37. The first-order valence-electron chi connectivity index (χ1n) is 7.37. The molecule has 0 aromatic heterocycles. The summed E-state index contributed by atoms with van der Waals surface area (Å²) in [6, 6.07) is -0.601. The molecule has 6 unspecified atom stereocenters. The largest absolute Gasteiger partial charge is 0.490 e. The van der Waals surface area contributed by atoms with E-state index in [1.165, 1.54) is 0 Å². The van der Waals surface area contributed by atoms with Gasteiger partial charge >= 0.3 is 29.5 Å². The number of hydrogen-bond donors (Lipinski definition) is 8. The summed E-state index contributed by atoms with van der Waals surface area (Å²) in [5.41, 5.74) is 0.204. The summed E-state index contributed by atoms with van der Waals surface area (Å²) >= 11 is 0. The third-order valence-corrected chi connectivity index (χ3v) is 7.26. The van der Waals surface area contributed by atoms with E-state index in [2.05, 4.69) is 30.4 Å². The maximum atomic E-state index is 11.7. The number of nitrogens with one attached hydrogen (secondary N) is 2. The average molecular weight is 482 g/mol. The molecule has 0 aliphatic carbocycles. The van der Waals surface area contributed by atoms with Crippen LogP contribution in [0.5, 0.6) is 0 Å². The minimum absolute atomic E-state index is 0.0542. The number of rotatable bonds is 8. The minimum atomic E-state index is -5.70. The van der Waals surface area contributed by atoms with Crippen molar-refractivity contribution in [3.8, 4) is 0 Å². The second kappa shape index (κ2) is 8.65. The van der Waals surface area contributed by atoms with Crippen LogP contribution in [0.15, 0.2) is 24.0 Å². The van der Waals surface area contributed by atoms with Gasteiger partial charge in [-0.1, -0.05) is 6.58 Å². The van der Waals surface area contributed by atoms with Gasteiger partial charge in [0.25, 0.3) is 0 Å². The highest BCUT2D eigenvalue weighted by Gasteiger charge is 2.47. The number of hydrogen-bond acceptors (Lipinski definition) is 10. The van der Waals surface area contributed by atoms with Crippen molar-refractivity contribution in [2.24, 2.45) is 0 Å². The zero-order chi connectivity index (χ0) is 22.2. The number of ether oxygens (including phenoxy) is 1. The Morgan fingerprint density at radius 1 is 1.07 bits per heavy atom. The van der Waals surface area contributed by atoms with E-state index in [4.69, 9.17) is 19.4 Å². The third-order valence-electron chi connectivity index (χ3n) is 3.46. The van der Waals surface area contributed by atoms with Crippen molar-refractivity contribution in [2.75, 3.05) is 6.61 Å². The molecule has 6 atom stereocenters. The molecular weight excluding hydrogens is 465 g/mol. The Kier molecular flexibility index (Phi) is 7.25. The lowest BCUT2D eigenvalue weighted by atomic mass is 10.00. The van der Waals surface area contributed by atoms with Crippen LogP contribution >= 0.6 is 23.5 Å². The molecule has 0 aromatic rings. The van der Waals surface area contributed by atoms with E-state index >= 15 is 0 Å². The van der Waals surface area contributed by atoms with Gasteiger partial charge in [0.1, 0.15) is 24.4 Å². The lowest BCUT2D eigenvalue weighted by Gasteiger charge is -2.24. The molecule has 2 amide bonds. The number of carbonyl (C=O) groups excluding carboxylic acids is 1. The minimum Gasteiger partial charge on any atom is -0.387 e. The van der Waals surface area contributed by atoms with E-state index in [1.807, 2.05) is 0 Å². The molecule has 0 aromatic carbocycles. The molecule has 2 heterocycles. The molecule has 1 fully saturated rings. The fraction of sp³-hybridized carbons (Fsp3) is 0.500. The maximum Gasteiger partial charge on any atom is 0.490 e. The van der Waals surface area contributed by atoms with Gasteiger partial charge in [0.05, 0.1) is 6.61 Å². The van der Waals surface area contributed by atoms with Crippen LogP contribution in [0.2, 0.25) is 0 Å². The van der Waals surface area contributed by atoms with Crippen LogP contribution in [-0.2, 0) is 31.6 Å². The van der Waals surface area contributed by atoms with E-state index in [9.17, 15) is 33.6 Å². The first kappa shape index (κ1) is 24.3. The SMILES string of the molecule is C=C1NC(=O)NC=C1C1OC(COP(=O)(O)OP(=O)(O)OP(=O)(O)O)C(O)C1O. The van der Waals surface area contributed by atoms with Gasteiger partial charge in [0.2, 0.25) is 0 Å². The van der Waals surface area contributed by atoms with Crippen molar-refractivity contribution >= 4 is 29.5 Å². The highest BCUT2D eigenvalue weighted by molar-refractivity contribution is 7.66. The van der Waals surface area contributed by atoms with Gasteiger partial charge in [-0.25, -0.2) is 18.5 Å². The van der Waals surface area contributed by atoms with Crippen molar-refractivity contribution < 1.29 is 66.2 Å². The molecule has 19 heteroatoms. The monoisotopic (exact) mass is 482 g/mol. The summed E-state index contributed by atoms with van der Waals surface area (Å²) in [5, 5.41) is 24.7. The lowest BCUT2D eigenvalue weighted by molar-refractivity contribution is -0.0135. The Balaban J connectivity index is 2.01. The van der Waals surface area contributed by atoms with Gasteiger partial charge in [-0.2, -0.15) is 8.62 Å². The number of urea groups is 1. The second-order valence-electron chi connectivity index (χ2n) is 5.64. The van der Waals surface area contributed by atoms with Crippen LogP contribution in [0.25, 0.3) is 0 Å². The third kappa shape index (κ3) is 6.77. The number of phosphoric acid groups is 3. The summed E-state index contributed by atoms with van der Waals surface area (Å²) in [6.07, 6.45) is -4.78. The summed E-state index contributed by atoms with van der Waals surface area (Å²) in [7, 11) is -16.7. The summed E-state index contributed by atoms with van der Waals surface area (Å²) in [4.78, 5) is 46.5. The average Bonchev–Trinajstić information content (AvgIpc) is 2.78. The molecule has 29 heavy (non-hydrogen) atoms. The van der Waals surface area contributed by atoms with E-state index in [0.717, 1.165) is 6.20 Å². The first-order valence-corrected chi connectivity index (χ1v) is 11.9. The van der Waals surface area contributed by atoms with Crippen LogP contribution in [0, 0.1) is 0 Å². The predicted octanol–water partition coefficient (Wildman–Crippen LogP) is -1.47. The van der Waals surface area contributed by atoms with Gasteiger partial charge in [0, 0.05) is 17.5 Å². The topological polar surface area (TPSA) is 251 Å². The quantitative estimate of drug-likeness (QED) is 0.184. The van der Waals surface area contributed by atoms with E-state index in [-0.39, 0.29) is 11.3 Å². The molecule has 0 saturated carbocycles. The van der Waals surface area contributed by atoms with Crippen LogP contribution in [0.4, 0.5) is 4.79 Å². The first-order chi connectivity index (χ1) is 13.1. The molecule has 16 nitrogen and oxygen atoms in total. The number of phosphoric ester groups is 1. The van der Waals surface area contributed by atoms with Gasteiger partial charge in [-0.05, 0) is 0 Å². The van der Waals surface area contributed by atoms with E-state index in [1.54, 1.807) is 0 Å². The molecule has 0 spiro atoms. The summed E-state index contributed by atoms with van der Waals surface area (Å²) in [5.74, 6) is 0. The van der Waals surface area contributed by atoms with Crippen molar-refractivity contribution in [3.63, 3.8) is 0 Å². The molecule has 0 radical (unpaired) electrons. The molecule has 2 aliphatic rings. The van der Waals surface area contributed by atoms with Crippen molar-refractivity contribution in [1.82, 2.24) is 10.6 Å². The zero-order valence-electron chi connectivity index (χ0n) is 14.1. The smallest absolute Gasteiger partial charge is 0.387 e. The predicted molar refractivity (Wildman–Crippen MR) is 89.4 cm³/mol. The van der Waals surface area contributed by atoms with E-state index in [0.29, 0.717) is 0 Å². The number of aliphatic hydroxyl groups is 2. The van der Waals surface area contributed by atoms with Crippen LogP contribution < -0.4 is 10.6 Å². The Morgan fingerprint density at radius 2 is 1.69 bits per heavy atom. The molecule has 8 N–H and O–H groups in total. The number of aliphatic hydroxyl groups excluding tert-OH is 2. The van der Waals surface area contributed by atoms with Crippen molar-refractivity contribution in [3.05, 3.63) is 24.0 Å². The van der Waals surface area contributed by atoms with E-state index < -0.39 is 60.5 Å². The molecule has 166 valence electrons. The number of carbonyl (C=O) groups is 1. The Labute approximate surface area is 162 Å². The zero-order valence-corrected chi connectivity index (χ0v) is 16.8. The maximum absolute atomic E-state index is 11.7. The van der Waals surface area contributed by atoms with Gasteiger partial charge in [-0.15, -0.1) is 0 Å². The van der Waals surface area contributed by atoms with Gasteiger partial charge in [0.15, 0.2) is 0 Å². The van der Waals surface area contributed by atoms with Gasteiger partial charge < -0.3 is 45.2 Å². The van der Waals surface area contributed by atoms with Gasteiger partial charge in [-0.3, -0.25) is 4.52 Å². The highest BCUT2D eigenvalue weighted by Crippen LogP contribution is 2.66. The Morgan fingerprint density at radius 3 is 2.24 bits per heavy atom. The molecular formula is C10H17N2O14P3. The normalized spacial score (nSPS) is 32.0. The molecule has 2 rings (SSSR count). The second-order valence-corrected chi connectivity index (χ2v) is 10.1.